The Morgan fingerprint density at radius 2 is 2.28 bits per heavy atom. The lowest BCUT2D eigenvalue weighted by atomic mass is 9.67. The smallest absolute Gasteiger partial charge is 0.184 e. The van der Waals surface area contributed by atoms with Crippen molar-refractivity contribution in [2.24, 2.45) is 28.6 Å². The number of allylic oxidation sites excluding steroid dienone is 2. The number of hydrogen-bond acceptors (Lipinski definition) is 2. The molecule has 1 fully saturated rings. The highest BCUT2D eigenvalue weighted by atomic mass is 32.1. The van der Waals surface area contributed by atoms with Gasteiger partial charge in [-0.15, -0.1) is 0 Å². The third-order valence-corrected chi connectivity index (χ3v) is 4.28. The Labute approximate surface area is 115 Å². The first-order valence-corrected chi connectivity index (χ1v) is 7.31. The standard InChI is InChI=1S/C14H23N3S/c1-9(2)13-8-11(16-17-14(15)18)7-10-5-3-4-6-12(10)13/h7,9,12-13H,3-6,8H2,1-2H3,(H3,15,17,18). The summed E-state index contributed by atoms with van der Waals surface area (Å²) < 4.78 is 0. The summed E-state index contributed by atoms with van der Waals surface area (Å²) in [5.41, 5.74) is 10.8. The van der Waals surface area contributed by atoms with Gasteiger partial charge in [0, 0.05) is 0 Å². The zero-order valence-electron chi connectivity index (χ0n) is 11.3. The van der Waals surface area contributed by atoms with Crippen LogP contribution in [0.3, 0.4) is 0 Å². The van der Waals surface area contributed by atoms with Crippen LogP contribution in [0.15, 0.2) is 16.8 Å². The lowest BCUT2D eigenvalue weighted by molar-refractivity contribution is 0.249. The van der Waals surface area contributed by atoms with Crippen molar-refractivity contribution in [2.75, 3.05) is 0 Å². The van der Waals surface area contributed by atoms with Gasteiger partial charge in [-0.05, 0) is 61.7 Å². The van der Waals surface area contributed by atoms with Crippen molar-refractivity contribution in [3.63, 3.8) is 0 Å². The van der Waals surface area contributed by atoms with E-state index in [4.69, 9.17) is 18.0 Å². The highest BCUT2D eigenvalue weighted by Crippen LogP contribution is 2.42. The van der Waals surface area contributed by atoms with E-state index < -0.39 is 0 Å². The SMILES string of the molecule is CC(C)C1CC(=NNC(N)=S)C=C2CCCCC21. The molecule has 2 aliphatic carbocycles. The molecule has 4 heteroatoms. The van der Waals surface area contributed by atoms with E-state index in [1.807, 2.05) is 0 Å². The lowest BCUT2D eigenvalue weighted by Gasteiger charge is -2.38. The largest absolute Gasteiger partial charge is 0.375 e. The molecule has 2 aliphatic rings. The van der Waals surface area contributed by atoms with Crippen molar-refractivity contribution in [3.05, 3.63) is 11.6 Å². The van der Waals surface area contributed by atoms with Gasteiger partial charge in [-0.2, -0.15) is 5.10 Å². The summed E-state index contributed by atoms with van der Waals surface area (Å²) in [5.74, 6) is 2.20. The highest BCUT2D eigenvalue weighted by molar-refractivity contribution is 7.80. The van der Waals surface area contributed by atoms with E-state index in [0.29, 0.717) is 5.92 Å². The van der Waals surface area contributed by atoms with Crippen LogP contribution in [-0.4, -0.2) is 10.8 Å². The molecule has 0 bridgehead atoms. The molecule has 0 aromatic rings. The van der Waals surface area contributed by atoms with E-state index in [1.165, 1.54) is 25.7 Å². The van der Waals surface area contributed by atoms with E-state index in [1.54, 1.807) is 5.57 Å². The van der Waals surface area contributed by atoms with Crippen LogP contribution in [0.1, 0.15) is 46.0 Å². The predicted octanol–water partition coefficient (Wildman–Crippen LogP) is 2.97. The average Bonchev–Trinajstić information content (AvgIpc) is 2.35. The number of nitrogens with zero attached hydrogens (tertiary/aromatic N) is 1. The normalized spacial score (nSPS) is 29.9. The topological polar surface area (TPSA) is 50.4 Å². The van der Waals surface area contributed by atoms with Crippen LogP contribution in [-0.2, 0) is 0 Å². The lowest BCUT2D eigenvalue weighted by Crippen LogP contribution is -2.32. The molecule has 2 rings (SSSR count). The van der Waals surface area contributed by atoms with Crippen molar-refractivity contribution in [2.45, 2.75) is 46.0 Å². The molecule has 0 aromatic heterocycles. The first-order valence-electron chi connectivity index (χ1n) is 6.90. The quantitative estimate of drug-likeness (QED) is 0.596. The van der Waals surface area contributed by atoms with Gasteiger partial charge in [-0.3, -0.25) is 5.43 Å². The molecule has 0 spiro atoms. The summed E-state index contributed by atoms with van der Waals surface area (Å²) in [6.07, 6.45) is 8.60. The zero-order valence-corrected chi connectivity index (χ0v) is 12.1. The molecule has 3 N–H and O–H groups in total. The molecular formula is C14H23N3S. The van der Waals surface area contributed by atoms with Gasteiger partial charge in [-0.1, -0.05) is 25.8 Å². The second kappa shape index (κ2) is 5.83. The third-order valence-electron chi connectivity index (χ3n) is 4.19. The Morgan fingerprint density at radius 1 is 1.50 bits per heavy atom. The van der Waals surface area contributed by atoms with Crippen LogP contribution >= 0.6 is 12.2 Å². The molecular weight excluding hydrogens is 242 g/mol. The van der Waals surface area contributed by atoms with Gasteiger partial charge in [0.2, 0.25) is 0 Å². The minimum atomic E-state index is 0.243. The first kappa shape index (κ1) is 13.5. The van der Waals surface area contributed by atoms with E-state index in [2.05, 4.69) is 30.5 Å². The molecule has 0 aliphatic heterocycles. The molecule has 0 heterocycles. The van der Waals surface area contributed by atoms with Crippen molar-refractivity contribution >= 4 is 23.0 Å². The van der Waals surface area contributed by atoms with Crippen LogP contribution in [0.4, 0.5) is 0 Å². The second-order valence-electron chi connectivity index (χ2n) is 5.76. The maximum absolute atomic E-state index is 5.43. The van der Waals surface area contributed by atoms with Gasteiger partial charge < -0.3 is 5.73 Å². The molecule has 3 nitrogen and oxygen atoms in total. The fourth-order valence-corrected chi connectivity index (χ4v) is 3.34. The van der Waals surface area contributed by atoms with Gasteiger partial charge in [0.1, 0.15) is 0 Å². The molecule has 0 radical (unpaired) electrons. The molecule has 100 valence electrons. The number of hydrogen-bond donors (Lipinski definition) is 2. The average molecular weight is 265 g/mol. The number of nitrogens with one attached hydrogen (secondary N) is 1. The maximum atomic E-state index is 5.43. The van der Waals surface area contributed by atoms with Crippen molar-refractivity contribution in [1.82, 2.24) is 5.43 Å². The summed E-state index contributed by atoms with van der Waals surface area (Å²) in [7, 11) is 0. The minimum Gasteiger partial charge on any atom is -0.375 e. The number of fused-ring (bicyclic) bond motifs is 1. The van der Waals surface area contributed by atoms with E-state index in [-0.39, 0.29) is 5.11 Å². The number of rotatable bonds is 2. The maximum Gasteiger partial charge on any atom is 0.184 e. The molecule has 2 atom stereocenters. The van der Waals surface area contributed by atoms with Crippen molar-refractivity contribution < 1.29 is 0 Å². The minimum absolute atomic E-state index is 0.243. The summed E-state index contributed by atoms with van der Waals surface area (Å²) in [5, 5.41) is 4.57. The van der Waals surface area contributed by atoms with Crippen LogP contribution in [0.2, 0.25) is 0 Å². The zero-order chi connectivity index (χ0) is 13.1. The number of hydrazone groups is 1. The van der Waals surface area contributed by atoms with E-state index >= 15 is 0 Å². The summed E-state index contributed by atoms with van der Waals surface area (Å²) in [6, 6.07) is 0. The summed E-state index contributed by atoms with van der Waals surface area (Å²) in [4.78, 5) is 0. The Morgan fingerprint density at radius 3 is 2.94 bits per heavy atom. The molecule has 0 saturated heterocycles. The van der Waals surface area contributed by atoms with Crippen LogP contribution < -0.4 is 11.2 Å². The predicted molar refractivity (Wildman–Crippen MR) is 80.3 cm³/mol. The monoisotopic (exact) mass is 265 g/mol. The first-order chi connectivity index (χ1) is 8.58. The Balaban J connectivity index is 2.20. The molecule has 0 aromatic carbocycles. The molecule has 0 amide bonds. The number of thiocarbonyl (C=S) groups is 1. The van der Waals surface area contributed by atoms with Crippen molar-refractivity contribution in [1.29, 1.82) is 0 Å². The second-order valence-corrected chi connectivity index (χ2v) is 6.20. The molecule has 1 saturated carbocycles. The van der Waals surface area contributed by atoms with Gasteiger partial charge >= 0.3 is 0 Å². The third kappa shape index (κ3) is 3.10. The van der Waals surface area contributed by atoms with E-state index in [9.17, 15) is 0 Å². The Bertz CT molecular complexity index is 385. The Kier molecular flexibility index (Phi) is 4.38. The van der Waals surface area contributed by atoms with Gasteiger partial charge in [-0.25, -0.2) is 0 Å². The van der Waals surface area contributed by atoms with Gasteiger partial charge in [0.05, 0.1) is 5.71 Å². The van der Waals surface area contributed by atoms with Crippen LogP contribution in [0.5, 0.6) is 0 Å². The van der Waals surface area contributed by atoms with Gasteiger partial charge in [0.25, 0.3) is 0 Å². The summed E-state index contributed by atoms with van der Waals surface area (Å²) in [6.45, 7) is 4.64. The Hall–Kier alpha value is -0.900. The fraction of sp³-hybridized carbons (Fsp3) is 0.714. The fourth-order valence-electron chi connectivity index (χ4n) is 3.29. The highest BCUT2D eigenvalue weighted by Gasteiger charge is 2.33. The van der Waals surface area contributed by atoms with E-state index in [0.717, 1.165) is 24.0 Å². The molecule has 2 unspecified atom stereocenters. The van der Waals surface area contributed by atoms with Gasteiger partial charge in [0.15, 0.2) is 5.11 Å². The van der Waals surface area contributed by atoms with Crippen LogP contribution in [0.25, 0.3) is 0 Å². The molecule has 18 heavy (non-hydrogen) atoms. The summed E-state index contributed by atoms with van der Waals surface area (Å²) >= 11 is 4.80. The number of nitrogens with two attached hydrogens (primary N) is 1. The van der Waals surface area contributed by atoms with Crippen molar-refractivity contribution in [3.8, 4) is 0 Å². The van der Waals surface area contributed by atoms with Crippen LogP contribution in [0, 0.1) is 17.8 Å².